The van der Waals surface area contributed by atoms with Crippen molar-refractivity contribution in [1.82, 2.24) is 21.3 Å². The van der Waals surface area contributed by atoms with Gasteiger partial charge in [-0.2, -0.15) is 0 Å². The minimum Gasteiger partial charge on any atom is -0.462 e. The highest BCUT2D eigenvalue weighted by Gasteiger charge is 2.28. The van der Waals surface area contributed by atoms with Crippen LogP contribution in [-0.4, -0.2) is 66.5 Å². The maximum atomic E-state index is 13.1. The number of rotatable bonds is 19. The van der Waals surface area contributed by atoms with Gasteiger partial charge >= 0.3 is 24.0 Å². The Labute approximate surface area is 263 Å². The summed E-state index contributed by atoms with van der Waals surface area (Å²) in [7, 11) is 0. The van der Waals surface area contributed by atoms with Crippen LogP contribution in [0, 0.1) is 23.7 Å². The number of carbonyl (C=O) groups is 4. The van der Waals surface area contributed by atoms with Crippen LogP contribution >= 0.6 is 0 Å². The smallest absolute Gasteiger partial charge is 0.329 e. The van der Waals surface area contributed by atoms with Gasteiger partial charge < -0.3 is 35.8 Å². The summed E-state index contributed by atoms with van der Waals surface area (Å²) >= 11 is 0. The number of aliphatic hydroxyl groups excluding tert-OH is 1. The molecular weight excluding hydrogens is 564 g/mol. The maximum absolute atomic E-state index is 13.1. The zero-order valence-corrected chi connectivity index (χ0v) is 27.9. The Kier molecular flexibility index (Phi) is 18.1. The van der Waals surface area contributed by atoms with E-state index in [2.05, 4.69) is 21.3 Å². The van der Waals surface area contributed by atoms with E-state index in [0.29, 0.717) is 25.7 Å². The number of hydrogen-bond acceptors (Lipinski definition) is 7. The molecule has 11 nitrogen and oxygen atoms in total. The third-order valence-corrected chi connectivity index (χ3v) is 6.65. The molecule has 44 heavy (non-hydrogen) atoms. The lowest BCUT2D eigenvalue weighted by Crippen LogP contribution is -2.52. The molecule has 4 atom stereocenters. The molecule has 0 spiro atoms. The molecule has 0 aliphatic rings. The fourth-order valence-corrected chi connectivity index (χ4v) is 4.74. The van der Waals surface area contributed by atoms with Crippen LogP contribution in [0.2, 0.25) is 0 Å². The third kappa shape index (κ3) is 17.1. The zero-order valence-electron chi connectivity index (χ0n) is 27.9. The van der Waals surface area contributed by atoms with E-state index in [1.165, 1.54) is 0 Å². The van der Waals surface area contributed by atoms with Crippen LogP contribution in [0.5, 0.6) is 0 Å². The molecule has 0 fully saturated rings. The van der Waals surface area contributed by atoms with Crippen molar-refractivity contribution in [1.29, 1.82) is 0 Å². The van der Waals surface area contributed by atoms with Gasteiger partial charge in [0.1, 0.15) is 25.3 Å². The molecule has 0 aliphatic heterocycles. The van der Waals surface area contributed by atoms with Crippen molar-refractivity contribution in [3.63, 3.8) is 0 Å². The van der Waals surface area contributed by atoms with Crippen LogP contribution in [0.1, 0.15) is 86.6 Å². The number of esters is 2. The Hall–Kier alpha value is -3.34. The first-order valence-electron chi connectivity index (χ1n) is 15.8. The van der Waals surface area contributed by atoms with Gasteiger partial charge in [-0.05, 0) is 54.9 Å². The van der Waals surface area contributed by atoms with Crippen molar-refractivity contribution in [3.8, 4) is 0 Å². The summed E-state index contributed by atoms with van der Waals surface area (Å²) in [5, 5.41) is 20.6. The van der Waals surface area contributed by atoms with E-state index in [4.69, 9.17) is 9.47 Å². The average Bonchev–Trinajstić information content (AvgIpc) is 2.92. The lowest BCUT2D eigenvalue weighted by atomic mass is 10.0. The van der Waals surface area contributed by atoms with E-state index in [9.17, 15) is 24.3 Å². The number of aliphatic hydroxyl groups is 1. The Morgan fingerprint density at radius 1 is 0.614 bits per heavy atom. The number of benzene rings is 1. The number of ether oxygens (including phenoxy) is 2. The van der Waals surface area contributed by atoms with Crippen molar-refractivity contribution in [2.45, 2.75) is 112 Å². The molecule has 0 bridgehead atoms. The first-order chi connectivity index (χ1) is 20.7. The van der Waals surface area contributed by atoms with Gasteiger partial charge in [-0.3, -0.25) is 0 Å². The number of nitrogens with one attached hydrogen (secondary N) is 4. The molecule has 0 saturated carbocycles. The quantitative estimate of drug-likeness (QED) is 0.142. The molecular formula is C33H56N4O7. The van der Waals surface area contributed by atoms with Gasteiger partial charge in [-0.25, -0.2) is 19.2 Å². The fraction of sp³-hybridized carbons (Fsp3) is 0.697. The lowest BCUT2D eigenvalue weighted by Gasteiger charge is -2.26. The minimum absolute atomic E-state index is 0.0899. The van der Waals surface area contributed by atoms with Gasteiger partial charge in [-0.15, -0.1) is 0 Å². The van der Waals surface area contributed by atoms with Gasteiger partial charge in [0.25, 0.3) is 0 Å². The molecule has 0 saturated heterocycles. The Bertz CT molecular complexity index is 1000. The van der Waals surface area contributed by atoms with Crippen molar-refractivity contribution < 1.29 is 33.8 Å². The normalized spacial score (nSPS) is 14.1. The molecule has 0 aliphatic carbocycles. The lowest BCUT2D eigenvalue weighted by molar-refractivity contribution is -0.148. The number of hydrogen-bond donors (Lipinski definition) is 5. The summed E-state index contributed by atoms with van der Waals surface area (Å²) in [5.41, 5.74) is 0.846. The Balaban J connectivity index is 2.83. The molecule has 0 aromatic heterocycles. The molecule has 0 radical (unpaired) electrons. The van der Waals surface area contributed by atoms with Crippen molar-refractivity contribution >= 4 is 24.0 Å². The molecule has 1 rings (SSSR count). The van der Waals surface area contributed by atoms with Crippen LogP contribution in [-0.2, 0) is 25.7 Å². The molecule has 250 valence electrons. The monoisotopic (exact) mass is 620 g/mol. The molecule has 5 N–H and O–H groups in total. The predicted molar refractivity (Wildman–Crippen MR) is 171 cm³/mol. The van der Waals surface area contributed by atoms with Crippen molar-refractivity contribution in [2.75, 3.05) is 13.2 Å². The number of urea groups is 2. The predicted octanol–water partition coefficient (Wildman–Crippen LogP) is 4.52. The molecule has 1 aromatic carbocycles. The summed E-state index contributed by atoms with van der Waals surface area (Å²) in [6, 6.07) is 5.47. The number of carbonyl (C=O) groups excluding carboxylic acids is 4. The second-order valence-electron chi connectivity index (χ2n) is 13.2. The fourth-order valence-electron chi connectivity index (χ4n) is 4.74. The third-order valence-electron chi connectivity index (χ3n) is 6.65. The number of amides is 4. The molecule has 0 unspecified atom stereocenters. The van der Waals surface area contributed by atoms with Crippen LogP contribution in [0.4, 0.5) is 9.59 Å². The summed E-state index contributed by atoms with van der Waals surface area (Å²) in [6.45, 7) is 15.5. The van der Waals surface area contributed by atoms with E-state index < -0.39 is 48.2 Å². The second kappa shape index (κ2) is 20.6. The summed E-state index contributed by atoms with van der Waals surface area (Å²) in [4.78, 5) is 51.6. The topological polar surface area (TPSA) is 155 Å². The van der Waals surface area contributed by atoms with Gasteiger partial charge in [0, 0.05) is 0 Å². The van der Waals surface area contributed by atoms with E-state index in [1.807, 2.05) is 85.7 Å². The van der Waals surface area contributed by atoms with E-state index in [1.54, 1.807) is 0 Å². The average molecular weight is 621 g/mol. The van der Waals surface area contributed by atoms with Crippen molar-refractivity contribution in [3.05, 3.63) is 35.9 Å². The van der Waals surface area contributed by atoms with E-state index >= 15 is 0 Å². The standard InChI is InChI=1S/C33H56N4O7/c1-21(2)14-26(18-38)34-32(41)36-29(17-24(7)8)31(40)44-20-27(15-22(3)4)35-33(42)37-28(16-23(5)6)30(39)43-19-25-12-10-9-11-13-25/h9-13,21-24,26-29,38H,14-20H2,1-8H3,(H2,34,36,41)(H2,35,37,42)/t26-,27-,28-,29-/m0/s1. The van der Waals surface area contributed by atoms with Gasteiger partial charge in [0.15, 0.2) is 0 Å². The highest BCUT2D eigenvalue weighted by atomic mass is 16.5. The second-order valence-corrected chi connectivity index (χ2v) is 13.2. The maximum Gasteiger partial charge on any atom is 0.329 e. The van der Waals surface area contributed by atoms with Crippen molar-refractivity contribution in [2.24, 2.45) is 23.7 Å². The highest BCUT2D eigenvalue weighted by molar-refractivity contribution is 5.84. The first kappa shape index (κ1) is 38.7. The summed E-state index contributed by atoms with van der Waals surface area (Å²) in [6.07, 6.45) is 1.86. The largest absolute Gasteiger partial charge is 0.462 e. The Morgan fingerprint density at radius 3 is 1.50 bits per heavy atom. The molecule has 0 heterocycles. The molecule has 4 amide bonds. The molecule has 1 aromatic rings. The van der Waals surface area contributed by atoms with Crippen LogP contribution in [0.25, 0.3) is 0 Å². The summed E-state index contributed by atoms with van der Waals surface area (Å²) < 4.78 is 11.1. The van der Waals surface area contributed by atoms with E-state index in [0.717, 1.165) is 5.56 Å². The van der Waals surface area contributed by atoms with Gasteiger partial charge in [0.2, 0.25) is 0 Å². The van der Waals surface area contributed by atoms with Crippen LogP contribution in [0.3, 0.4) is 0 Å². The SMILES string of the molecule is CC(C)C[C@@H](CO)NC(=O)N[C@@H](CC(C)C)C(=O)OC[C@H](CC(C)C)NC(=O)N[C@@H](CC(C)C)C(=O)OCc1ccccc1. The highest BCUT2D eigenvalue weighted by Crippen LogP contribution is 2.12. The summed E-state index contributed by atoms with van der Waals surface area (Å²) in [5.74, 6) is -0.483. The van der Waals surface area contributed by atoms with Crippen LogP contribution in [0.15, 0.2) is 30.3 Å². The first-order valence-corrected chi connectivity index (χ1v) is 15.8. The van der Waals surface area contributed by atoms with Crippen LogP contribution < -0.4 is 21.3 Å². The Morgan fingerprint density at radius 2 is 1.05 bits per heavy atom. The van der Waals surface area contributed by atoms with E-state index in [-0.39, 0.29) is 43.5 Å². The minimum atomic E-state index is -0.906. The van der Waals surface area contributed by atoms with Gasteiger partial charge in [0.05, 0.1) is 18.7 Å². The molecule has 11 heteroatoms. The zero-order chi connectivity index (χ0) is 33.2. The van der Waals surface area contributed by atoms with Gasteiger partial charge in [-0.1, -0.05) is 85.7 Å².